The van der Waals surface area contributed by atoms with E-state index in [0.29, 0.717) is 22.9 Å². The fourth-order valence-electron chi connectivity index (χ4n) is 3.87. The third-order valence-electron chi connectivity index (χ3n) is 6.10. The fraction of sp³-hybridized carbons (Fsp3) is 0.310. The number of carbonyl (C=O) groups excluding carboxylic acids is 2. The Morgan fingerprint density at radius 2 is 1.54 bits per heavy atom. The molecule has 2 amide bonds. The molecule has 2 unspecified atom stereocenters. The van der Waals surface area contributed by atoms with E-state index in [1.165, 1.54) is 0 Å². The van der Waals surface area contributed by atoms with Crippen LogP contribution < -0.4 is 5.32 Å². The lowest BCUT2D eigenvalue weighted by Crippen LogP contribution is -2.52. The number of carbonyl (C=O) groups is 2. The molecule has 0 aliphatic carbocycles. The molecule has 2 atom stereocenters. The zero-order valence-electron chi connectivity index (χ0n) is 20.2. The molecule has 3 aromatic rings. The van der Waals surface area contributed by atoms with E-state index < -0.39 is 6.04 Å². The summed E-state index contributed by atoms with van der Waals surface area (Å²) in [5.41, 5.74) is 2.81. The Balaban J connectivity index is 1.94. The third-order valence-corrected chi connectivity index (χ3v) is 6.69. The zero-order chi connectivity index (χ0) is 25.2. The van der Waals surface area contributed by atoms with Crippen LogP contribution in [0.5, 0.6) is 0 Å². The number of benzene rings is 3. The van der Waals surface area contributed by atoms with E-state index >= 15 is 0 Å². The number of amides is 2. The summed E-state index contributed by atoms with van der Waals surface area (Å²) in [7, 11) is 0. The van der Waals surface area contributed by atoms with Gasteiger partial charge >= 0.3 is 0 Å². The highest BCUT2D eigenvalue weighted by atomic mass is 35.5. The molecule has 3 rings (SSSR count). The van der Waals surface area contributed by atoms with Crippen LogP contribution in [0.1, 0.15) is 43.4 Å². The summed E-state index contributed by atoms with van der Waals surface area (Å²) < 4.78 is 0. The number of hydrogen-bond donors (Lipinski definition) is 1. The molecule has 3 aromatic carbocycles. The highest BCUT2D eigenvalue weighted by Gasteiger charge is 2.31. The van der Waals surface area contributed by atoms with Crippen molar-refractivity contribution < 1.29 is 9.59 Å². The van der Waals surface area contributed by atoms with E-state index in [1.807, 2.05) is 80.6 Å². The lowest BCUT2D eigenvalue weighted by atomic mass is 10.0. The first-order valence-corrected chi connectivity index (χ1v) is 12.7. The molecule has 1 N–H and O–H groups in total. The van der Waals surface area contributed by atoms with Gasteiger partial charge in [-0.15, -0.1) is 0 Å². The molecule has 184 valence electrons. The molecule has 0 heterocycles. The molecule has 0 saturated carbocycles. The van der Waals surface area contributed by atoms with Crippen molar-refractivity contribution in [2.24, 2.45) is 0 Å². The second kappa shape index (κ2) is 13.3. The summed E-state index contributed by atoms with van der Waals surface area (Å²) in [6.45, 7) is 4.21. The summed E-state index contributed by atoms with van der Waals surface area (Å²) in [6.07, 6.45) is 2.09. The largest absolute Gasteiger partial charge is 0.352 e. The van der Waals surface area contributed by atoms with Gasteiger partial charge < -0.3 is 10.2 Å². The number of rotatable bonds is 11. The average Bonchev–Trinajstić information content (AvgIpc) is 2.87. The van der Waals surface area contributed by atoms with Crippen molar-refractivity contribution in [2.75, 3.05) is 0 Å². The van der Waals surface area contributed by atoms with Crippen molar-refractivity contribution in [1.82, 2.24) is 10.2 Å². The normalized spacial score (nSPS) is 12.6. The fourth-order valence-corrected chi connectivity index (χ4v) is 4.34. The van der Waals surface area contributed by atoms with Crippen molar-refractivity contribution in [1.29, 1.82) is 0 Å². The number of halogens is 2. The van der Waals surface area contributed by atoms with E-state index in [4.69, 9.17) is 23.2 Å². The molecular formula is C29H32Cl2N2O2. The second-order valence-corrected chi connectivity index (χ2v) is 9.61. The Hall–Kier alpha value is -2.82. The smallest absolute Gasteiger partial charge is 0.243 e. The van der Waals surface area contributed by atoms with Crippen LogP contribution >= 0.6 is 23.2 Å². The first kappa shape index (κ1) is 26.8. The SMILES string of the molecule is CCC(C)NC(=O)C(Cc1ccccc1)N(Cc1ccc(Cl)cc1Cl)C(=O)CCc1ccccc1. The van der Waals surface area contributed by atoms with Gasteiger partial charge in [-0.25, -0.2) is 0 Å². The van der Waals surface area contributed by atoms with Crippen LogP contribution in [0.2, 0.25) is 10.0 Å². The van der Waals surface area contributed by atoms with Crippen molar-refractivity contribution in [3.63, 3.8) is 0 Å². The Bertz CT molecular complexity index is 1110. The molecule has 6 heteroatoms. The Labute approximate surface area is 218 Å². The molecule has 4 nitrogen and oxygen atoms in total. The zero-order valence-corrected chi connectivity index (χ0v) is 21.7. The van der Waals surface area contributed by atoms with Gasteiger partial charge in [0.1, 0.15) is 6.04 Å². The van der Waals surface area contributed by atoms with E-state index in [-0.39, 0.29) is 30.8 Å². The molecule has 0 radical (unpaired) electrons. The topological polar surface area (TPSA) is 49.4 Å². The Kier molecular flexibility index (Phi) is 10.2. The molecule has 0 bridgehead atoms. The molecule has 0 fully saturated rings. The van der Waals surface area contributed by atoms with Gasteiger partial charge in [0.2, 0.25) is 11.8 Å². The number of nitrogens with one attached hydrogen (secondary N) is 1. The molecule has 0 aromatic heterocycles. The summed E-state index contributed by atoms with van der Waals surface area (Å²) in [6, 6.07) is 24.2. The predicted molar refractivity (Wildman–Crippen MR) is 144 cm³/mol. The molecular weight excluding hydrogens is 479 g/mol. The Morgan fingerprint density at radius 3 is 2.14 bits per heavy atom. The van der Waals surface area contributed by atoms with Crippen LogP contribution in [-0.4, -0.2) is 28.8 Å². The van der Waals surface area contributed by atoms with Crippen molar-refractivity contribution in [2.45, 2.75) is 58.2 Å². The van der Waals surface area contributed by atoms with Crippen molar-refractivity contribution in [3.05, 3.63) is 106 Å². The molecule has 35 heavy (non-hydrogen) atoms. The second-order valence-electron chi connectivity index (χ2n) is 8.77. The maximum absolute atomic E-state index is 13.7. The van der Waals surface area contributed by atoms with Gasteiger partial charge in [0.05, 0.1) is 0 Å². The average molecular weight is 511 g/mol. The van der Waals surface area contributed by atoms with Gasteiger partial charge in [-0.3, -0.25) is 9.59 Å². The number of hydrogen-bond acceptors (Lipinski definition) is 2. The van der Waals surface area contributed by atoms with Gasteiger partial charge in [0, 0.05) is 35.5 Å². The third kappa shape index (κ3) is 8.12. The standard InChI is InChI=1S/C29H32Cl2N2O2/c1-3-21(2)32-29(35)27(18-23-12-8-5-9-13-23)33(20-24-15-16-25(30)19-26(24)31)28(34)17-14-22-10-6-4-7-11-22/h4-13,15-16,19,21,27H,3,14,17-18,20H2,1-2H3,(H,32,35). The summed E-state index contributed by atoms with van der Waals surface area (Å²) in [5, 5.41) is 4.08. The van der Waals surface area contributed by atoms with Crippen molar-refractivity contribution in [3.8, 4) is 0 Å². The van der Waals surface area contributed by atoms with Gasteiger partial charge in [-0.05, 0) is 48.6 Å². The van der Waals surface area contributed by atoms with E-state index in [2.05, 4.69) is 5.32 Å². The lowest BCUT2D eigenvalue weighted by molar-refractivity contribution is -0.141. The highest BCUT2D eigenvalue weighted by molar-refractivity contribution is 6.35. The minimum Gasteiger partial charge on any atom is -0.352 e. The number of aryl methyl sites for hydroxylation is 1. The maximum Gasteiger partial charge on any atom is 0.243 e. The van der Waals surface area contributed by atoms with E-state index in [9.17, 15) is 9.59 Å². The van der Waals surface area contributed by atoms with Crippen LogP contribution in [0, 0.1) is 0 Å². The molecule has 0 spiro atoms. The molecule has 0 aliphatic heterocycles. The maximum atomic E-state index is 13.7. The molecule has 0 saturated heterocycles. The van der Waals surface area contributed by atoms with Crippen LogP contribution in [-0.2, 0) is 29.0 Å². The van der Waals surface area contributed by atoms with Gasteiger partial charge in [0.15, 0.2) is 0 Å². The van der Waals surface area contributed by atoms with Crippen molar-refractivity contribution >= 4 is 35.0 Å². The van der Waals surface area contributed by atoms with Gasteiger partial charge in [-0.2, -0.15) is 0 Å². The highest BCUT2D eigenvalue weighted by Crippen LogP contribution is 2.25. The minimum absolute atomic E-state index is 0.00108. The van der Waals surface area contributed by atoms with Crippen LogP contribution in [0.4, 0.5) is 0 Å². The minimum atomic E-state index is -0.679. The monoisotopic (exact) mass is 510 g/mol. The lowest BCUT2D eigenvalue weighted by Gasteiger charge is -2.32. The van der Waals surface area contributed by atoms with Gasteiger partial charge in [0.25, 0.3) is 0 Å². The summed E-state index contributed by atoms with van der Waals surface area (Å²) in [5.74, 6) is -0.263. The summed E-state index contributed by atoms with van der Waals surface area (Å²) in [4.78, 5) is 28.8. The van der Waals surface area contributed by atoms with Crippen LogP contribution in [0.15, 0.2) is 78.9 Å². The first-order chi connectivity index (χ1) is 16.9. The number of nitrogens with zero attached hydrogens (tertiary/aromatic N) is 1. The Morgan fingerprint density at radius 1 is 0.914 bits per heavy atom. The molecule has 0 aliphatic rings. The summed E-state index contributed by atoms with van der Waals surface area (Å²) >= 11 is 12.6. The first-order valence-electron chi connectivity index (χ1n) is 12.0. The van der Waals surface area contributed by atoms with Crippen LogP contribution in [0.25, 0.3) is 0 Å². The van der Waals surface area contributed by atoms with Crippen LogP contribution in [0.3, 0.4) is 0 Å². The predicted octanol–water partition coefficient (Wildman–Crippen LogP) is 6.48. The van der Waals surface area contributed by atoms with Gasteiger partial charge in [-0.1, -0.05) is 96.9 Å². The quantitative estimate of drug-likeness (QED) is 0.320. The van der Waals surface area contributed by atoms with E-state index in [1.54, 1.807) is 17.0 Å². The van der Waals surface area contributed by atoms with E-state index in [0.717, 1.165) is 23.1 Å².